The minimum atomic E-state index is -0.938. The molecule has 5 nitrogen and oxygen atoms in total. The zero-order valence-electron chi connectivity index (χ0n) is 15.7. The molecule has 27 heavy (non-hydrogen) atoms. The predicted octanol–water partition coefficient (Wildman–Crippen LogP) is 4.71. The molecule has 1 N–H and O–H groups in total. The summed E-state index contributed by atoms with van der Waals surface area (Å²) in [5, 5.41) is 3.79. The zero-order valence-corrected chi connectivity index (χ0v) is 16.5. The number of ether oxygens (including phenoxy) is 2. The number of nitrogens with one attached hydrogen (secondary N) is 1. The van der Waals surface area contributed by atoms with Gasteiger partial charge in [-0.25, -0.2) is 4.79 Å². The Bertz CT molecular complexity index is 1010. The number of benzene rings is 2. The van der Waals surface area contributed by atoms with Crippen LogP contribution < -0.4 is 10.1 Å². The van der Waals surface area contributed by atoms with E-state index < -0.39 is 18.0 Å². The van der Waals surface area contributed by atoms with Crippen LogP contribution in [0.3, 0.4) is 0 Å². The van der Waals surface area contributed by atoms with E-state index in [1.54, 1.807) is 19.1 Å². The SMILES string of the molecule is COc1ccc(C)cc1NC(=O)[C@@H](C)OC(=O)c1sc2ccccc2c1C. The molecule has 3 rings (SSSR count). The van der Waals surface area contributed by atoms with Crippen LogP contribution in [0.5, 0.6) is 5.75 Å². The van der Waals surface area contributed by atoms with Gasteiger partial charge in [0.05, 0.1) is 12.8 Å². The van der Waals surface area contributed by atoms with Gasteiger partial charge in [-0.1, -0.05) is 24.3 Å². The van der Waals surface area contributed by atoms with Crippen molar-refractivity contribution in [3.8, 4) is 5.75 Å². The number of fused-ring (bicyclic) bond motifs is 1. The molecule has 0 bridgehead atoms. The van der Waals surface area contributed by atoms with Gasteiger partial charge < -0.3 is 14.8 Å². The van der Waals surface area contributed by atoms with Crippen LogP contribution in [0.15, 0.2) is 42.5 Å². The van der Waals surface area contributed by atoms with Crippen molar-refractivity contribution in [3.05, 3.63) is 58.5 Å². The van der Waals surface area contributed by atoms with E-state index in [1.807, 2.05) is 44.2 Å². The second-order valence-corrected chi connectivity index (χ2v) is 7.35. The van der Waals surface area contributed by atoms with Crippen LogP contribution in [0.1, 0.15) is 27.7 Å². The molecule has 140 valence electrons. The summed E-state index contributed by atoms with van der Waals surface area (Å²) in [4.78, 5) is 25.6. The summed E-state index contributed by atoms with van der Waals surface area (Å²) in [6, 6.07) is 13.3. The van der Waals surface area contributed by atoms with Gasteiger partial charge in [-0.2, -0.15) is 0 Å². The lowest BCUT2D eigenvalue weighted by molar-refractivity contribution is -0.123. The average Bonchev–Trinajstić information content (AvgIpc) is 2.99. The fourth-order valence-electron chi connectivity index (χ4n) is 2.79. The van der Waals surface area contributed by atoms with Crippen molar-refractivity contribution in [2.24, 2.45) is 0 Å². The molecule has 1 heterocycles. The summed E-state index contributed by atoms with van der Waals surface area (Å²) in [7, 11) is 1.54. The smallest absolute Gasteiger partial charge is 0.349 e. The van der Waals surface area contributed by atoms with Crippen LogP contribution in [0, 0.1) is 13.8 Å². The highest BCUT2D eigenvalue weighted by Gasteiger charge is 2.23. The van der Waals surface area contributed by atoms with Crippen molar-refractivity contribution in [2.75, 3.05) is 12.4 Å². The van der Waals surface area contributed by atoms with Crippen molar-refractivity contribution < 1.29 is 19.1 Å². The molecule has 0 fully saturated rings. The molecule has 0 aliphatic carbocycles. The van der Waals surface area contributed by atoms with Gasteiger partial charge in [-0.05, 0) is 55.5 Å². The number of anilines is 1. The van der Waals surface area contributed by atoms with E-state index in [0.717, 1.165) is 21.2 Å². The van der Waals surface area contributed by atoms with Crippen molar-refractivity contribution in [2.45, 2.75) is 26.9 Å². The molecule has 0 saturated carbocycles. The highest BCUT2D eigenvalue weighted by molar-refractivity contribution is 7.21. The first kappa shape index (κ1) is 18.9. The lowest BCUT2D eigenvalue weighted by Gasteiger charge is -2.15. The fourth-order valence-corrected chi connectivity index (χ4v) is 3.88. The third-order valence-electron chi connectivity index (χ3n) is 4.29. The van der Waals surface area contributed by atoms with Gasteiger partial charge in [0.2, 0.25) is 0 Å². The van der Waals surface area contributed by atoms with Crippen molar-refractivity contribution in [1.82, 2.24) is 0 Å². The maximum atomic E-state index is 12.6. The van der Waals surface area contributed by atoms with Crippen LogP contribution in [0.4, 0.5) is 5.69 Å². The van der Waals surface area contributed by atoms with Crippen LogP contribution in [0.2, 0.25) is 0 Å². The molecule has 2 aromatic carbocycles. The summed E-state index contributed by atoms with van der Waals surface area (Å²) in [5.41, 5.74) is 2.40. The Morgan fingerprint density at radius 3 is 2.56 bits per heavy atom. The van der Waals surface area contributed by atoms with Crippen LogP contribution >= 0.6 is 11.3 Å². The number of esters is 1. The standard InChI is InChI=1S/C21H21NO4S/c1-12-9-10-17(25-4)16(11-12)22-20(23)14(3)26-21(24)19-13(2)15-7-5-6-8-18(15)27-19/h5-11,14H,1-4H3,(H,22,23)/t14-/m1/s1. The molecule has 0 unspecified atom stereocenters. The number of thiophene rings is 1. The first-order valence-electron chi connectivity index (χ1n) is 8.55. The molecule has 1 atom stereocenters. The molecule has 1 aromatic heterocycles. The van der Waals surface area contributed by atoms with E-state index in [4.69, 9.17) is 9.47 Å². The van der Waals surface area contributed by atoms with Crippen LogP contribution in [-0.2, 0) is 9.53 Å². The topological polar surface area (TPSA) is 64.6 Å². The van der Waals surface area contributed by atoms with Crippen LogP contribution in [0.25, 0.3) is 10.1 Å². The Morgan fingerprint density at radius 2 is 1.85 bits per heavy atom. The number of carbonyl (C=O) groups is 2. The number of amides is 1. The molecule has 1 amide bonds. The van der Waals surface area contributed by atoms with Gasteiger partial charge in [0.25, 0.3) is 5.91 Å². The number of methoxy groups -OCH3 is 1. The van der Waals surface area contributed by atoms with E-state index in [1.165, 1.54) is 18.4 Å². The highest BCUT2D eigenvalue weighted by Crippen LogP contribution is 2.31. The molecule has 0 saturated heterocycles. The Morgan fingerprint density at radius 1 is 1.11 bits per heavy atom. The minimum absolute atomic E-state index is 0.411. The fraction of sp³-hybridized carbons (Fsp3) is 0.238. The zero-order chi connectivity index (χ0) is 19.6. The molecular formula is C21H21NO4S. The third kappa shape index (κ3) is 3.95. The van der Waals surface area contributed by atoms with E-state index in [0.29, 0.717) is 16.3 Å². The van der Waals surface area contributed by atoms with Crippen molar-refractivity contribution in [1.29, 1.82) is 0 Å². The van der Waals surface area contributed by atoms with Gasteiger partial charge in [-0.3, -0.25) is 4.79 Å². The number of aryl methyl sites for hydroxylation is 2. The minimum Gasteiger partial charge on any atom is -0.495 e. The van der Waals surface area contributed by atoms with Crippen molar-refractivity contribution in [3.63, 3.8) is 0 Å². The second kappa shape index (κ2) is 7.80. The maximum Gasteiger partial charge on any atom is 0.349 e. The van der Waals surface area contributed by atoms with Gasteiger partial charge in [0.15, 0.2) is 6.10 Å². The molecule has 0 radical (unpaired) electrons. The lowest BCUT2D eigenvalue weighted by atomic mass is 10.1. The lowest BCUT2D eigenvalue weighted by Crippen LogP contribution is -2.30. The normalized spacial score (nSPS) is 11.9. The quantitative estimate of drug-likeness (QED) is 0.648. The van der Waals surface area contributed by atoms with Crippen molar-refractivity contribution >= 4 is 39.0 Å². The second-order valence-electron chi connectivity index (χ2n) is 6.29. The molecule has 0 aliphatic rings. The number of hydrogen-bond acceptors (Lipinski definition) is 5. The summed E-state index contributed by atoms with van der Waals surface area (Å²) in [5.74, 6) is -0.355. The summed E-state index contributed by atoms with van der Waals surface area (Å²) in [6.07, 6.45) is -0.938. The van der Waals surface area contributed by atoms with Crippen LogP contribution in [-0.4, -0.2) is 25.1 Å². The van der Waals surface area contributed by atoms with E-state index in [-0.39, 0.29) is 0 Å². The van der Waals surface area contributed by atoms with E-state index >= 15 is 0 Å². The monoisotopic (exact) mass is 383 g/mol. The van der Waals surface area contributed by atoms with Gasteiger partial charge in [0, 0.05) is 4.70 Å². The number of carbonyl (C=O) groups excluding carboxylic acids is 2. The molecule has 0 aliphatic heterocycles. The number of hydrogen-bond donors (Lipinski definition) is 1. The third-order valence-corrected chi connectivity index (χ3v) is 5.55. The first-order valence-corrected chi connectivity index (χ1v) is 9.37. The molecule has 3 aromatic rings. The predicted molar refractivity (Wildman–Crippen MR) is 108 cm³/mol. The van der Waals surface area contributed by atoms with Gasteiger partial charge in [0.1, 0.15) is 10.6 Å². The summed E-state index contributed by atoms with van der Waals surface area (Å²) < 4.78 is 11.7. The molecule has 0 spiro atoms. The maximum absolute atomic E-state index is 12.6. The summed E-state index contributed by atoms with van der Waals surface area (Å²) in [6.45, 7) is 5.36. The Labute approximate surface area is 161 Å². The largest absolute Gasteiger partial charge is 0.495 e. The highest BCUT2D eigenvalue weighted by atomic mass is 32.1. The summed E-state index contributed by atoms with van der Waals surface area (Å²) >= 11 is 1.37. The Balaban J connectivity index is 1.73. The average molecular weight is 383 g/mol. The van der Waals surface area contributed by atoms with E-state index in [9.17, 15) is 9.59 Å². The molecular weight excluding hydrogens is 362 g/mol. The Hall–Kier alpha value is -2.86. The van der Waals surface area contributed by atoms with Gasteiger partial charge >= 0.3 is 5.97 Å². The Kier molecular flexibility index (Phi) is 5.46. The number of rotatable bonds is 5. The molecule has 6 heteroatoms. The van der Waals surface area contributed by atoms with Gasteiger partial charge in [-0.15, -0.1) is 11.3 Å². The van der Waals surface area contributed by atoms with E-state index in [2.05, 4.69) is 5.32 Å². The first-order chi connectivity index (χ1) is 12.9.